The van der Waals surface area contributed by atoms with Gasteiger partial charge in [-0.2, -0.15) is 0 Å². The topological polar surface area (TPSA) is 64.9 Å². The van der Waals surface area contributed by atoms with Crippen LogP contribution in [0.3, 0.4) is 0 Å². The Morgan fingerprint density at radius 1 is 1.38 bits per heavy atom. The minimum Gasteiger partial charge on any atom is -0.359 e. The van der Waals surface area contributed by atoms with Crippen LogP contribution < -0.4 is 9.80 Å². The largest absolute Gasteiger partial charge is 0.359 e. The van der Waals surface area contributed by atoms with Crippen molar-refractivity contribution >= 4 is 11.6 Å². The lowest BCUT2D eigenvalue weighted by Gasteiger charge is -2.40. The normalized spacial score (nSPS) is 24.9. The van der Waals surface area contributed by atoms with E-state index in [0.717, 1.165) is 37.6 Å². The lowest BCUT2D eigenvalue weighted by Crippen LogP contribution is -2.49. The highest BCUT2D eigenvalue weighted by molar-refractivity contribution is 5.63. The fraction of sp³-hybridized carbons (Fsp3) is 0.714. The molecule has 2 aliphatic heterocycles. The average molecular weight is 290 g/mol. The van der Waals surface area contributed by atoms with Gasteiger partial charge in [0, 0.05) is 32.7 Å². The molecule has 1 aromatic rings. The highest BCUT2D eigenvalue weighted by atomic mass is 16.3. The summed E-state index contributed by atoms with van der Waals surface area (Å²) in [4.78, 5) is 24.1. The van der Waals surface area contributed by atoms with E-state index in [1.54, 1.807) is 11.3 Å². The Morgan fingerprint density at radius 3 is 2.95 bits per heavy atom. The van der Waals surface area contributed by atoms with E-state index in [1.807, 2.05) is 0 Å². The Bertz CT molecular complexity index is 536. The van der Waals surface area contributed by atoms with Gasteiger partial charge in [-0.1, -0.05) is 6.92 Å². The Morgan fingerprint density at radius 2 is 2.19 bits per heavy atom. The second-order valence-electron chi connectivity index (χ2n) is 6.11. The number of piperidine rings is 1. The van der Waals surface area contributed by atoms with Crippen LogP contribution in [0.2, 0.25) is 0 Å². The van der Waals surface area contributed by atoms with Crippen LogP contribution in [0.25, 0.3) is 0 Å². The zero-order valence-electron chi connectivity index (χ0n) is 12.9. The van der Waals surface area contributed by atoms with Gasteiger partial charge >= 0.3 is 0 Å². The average Bonchev–Trinajstić information content (AvgIpc) is 2.89. The highest BCUT2D eigenvalue weighted by Crippen LogP contribution is 2.33. The molecule has 21 heavy (non-hydrogen) atoms. The van der Waals surface area contributed by atoms with E-state index in [1.165, 1.54) is 5.56 Å². The van der Waals surface area contributed by atoms with Crippen LogP contribution in [0.1, 0.15) is 18.9 Å². The molecule has 1 aromatic heterocycles. The number of rotatable bonds is 3. The molecule has 0 unspecified atom stereocenters. The van der Waals surface area contributed by atoms with E-state index >= 15 is 0 Å². The van der Waals surface area contributed by atoms with Gasteiger partial charge in [0.15, 0.2) is 0 Å². The lowest BCUT2D eigenvalue weighted by molar-refractivity contribution is 0.169. The van der Waals surface area contributed by atoms with E-state index in [9.17, 15) is 4.91 Å². The summed E-state index contributed by atoms with van der Waals surface area (Å²) >= 11 is 0. The molecule has 0 aliphatic carbocycles. The first-order valence-corrected chi connectivity index (χ1v) is 7.48. The van der Waals surface area contributed by atoms with E-state index in [0.29, 0.717) is 12.5 Å². The third-order valence-corrected chi connectivity index (χ3v) is 4.80. The molecular formula is C14H22N6O. The lowest BCUT2D eigenvalue weighted by atomic mass is 9.93. The molecule has 3 rings (SSSR count). The third-order valence-electron chi connectivity index (χ3n) is 4.80. The summed E-state index contributed by atoms with van der Waals surface area (Å²) in [5.41, 5.74) is 1.21. The Hall–Kier alpha value is -1.92. The molecule has 0 aromatic carbocycles. The fourth-order valence-corrected chi connectivity index (χ4v) is 3.40. The molecule has 7 heteroatoms. The van der Waals surface area contributed by atoms with Crippen LogP contribution in [0.4, 0.5) is 11.6 Å². The fourth-order valence-electron chi connectivity index (χ4n) is 3.40. The zero-order chi connectivity index (χ0) is 15.0. The first kappa shape index (κ1) is 14.0. The molecule has 0 radical (unpaired) electrons. The Labute approximate surface area is 124 Å². The number of likely N-dealkylation sites (N-methyl/N-ethyl adjacent to an activating group) is 2. The van der Waals surface area contributed by atoms with Gasteiger partial charge in [-0.15, -0.1) is 4.91 Å². The van der Waals surface area contributed by atoms with Crippen LogP contribution in [0.5, 0.6) is 0 Å². The molecule has 114 valence electrons. The molecular weight excluding hydrogens is 268 g/mol. The van der Waals surface area contributed by atoms with Crippen LogP contribution in [-0.2, 0) is 6.42 Å². The van der Waals surface area contributed by atoms with Gasteiger partial charge in [-0.3, -0.25) is 5.01 Å². The molecule has 3 heterocycles. The van der Waals surface area contributed by atoms with Crippen LogP contribution >= 0.6 is 0 Å². The standard InChI is InChI=1S/C14H22N6O/c1-10-4-7-20(17-21)8-12(10)19(3)14-11-5-6-18(2)13(11)15-9-16-14/h9-10,12H,4-8H2,1-3H3/t10-,12+/m0/s1. The van der Waals surface area contributed by atoms with Gasteiger partial charge in [-0.05, 0) is 18.8 Å². The molecule has 0 spiro atoms. The Balaban J connectivity index is 1.88. The van der Waals surface area contributed by atoms with Crippen LogP contribution in [0, 0.1) is 10.8 Å². The summed E-state index contributed by atoms with van der Waals surface area (Å²) in [6, 6.07) is 0.251. The van der Waals surface area contributed by atoms with Crippen molar-refractivity contribution in [3.63, 3.8) is 0 Å². The number of aromatic nitrogens is 2. The van der Waals surface area contributed by atoms with Crippen molar-refractivity contribution in [3.8, 4) is 0 Å². The summed E-state index contributed by atoms with van der Waals surface area (Å²) in [6.45, 7) is 4.63. The van der Waals surface area contributed by atoms with Gasteiger partial charge in [0.25, 0.3) is 0 Å². The number of fused-ring (bicyclic) bond motifs is 1. The molecule has 0 saturated carbocycles. The number of hydrogen-bond acceptors (Lipinski definition) is 6. The smallest absolute Gasteiger partial charge is 0.137 e. The van der Waals surface area contributed by atoms with E-state index in [-0.39, 0.29) is 6.04 Å². The first-order valence-electron chi connectivity index (χ1n) is 7.48. The van der Waals surface area contributed by atoms with Crippen molar-refractivity contribution < 1.29 is 0 Å². The van der Waals surface area contributed by atoms with Crippen molar-refractivity contribution in [3.05, 3.63) is 16.8 Å². The molecule has 1 fully saturated rings. The summed E-state index contributed by atoms with van der Waals surface area (Å²) in [7, 11) is 4.13. The third kappa shape index (κ3) is 2.41. The van der Waals surface area contributed by atoms with E-state index < -0.39 is 0 Å². The molecule has 2 atom stereocenters. The molecule has 7 nitrogen and oxygen atoms in total. The van der Waals surface area contributed by atoms with Crippen molar-refractivity contribution in [1.82, 2.24) is 15.0 Å². The molecule has 0 N–H and O–H groups in total. The summed E-state index contributed by atoms with van der Waals surface area (Å²) in [5.74, 6) is 2.53. The van der Waals surface area contributed by atoms with Gasteiger partial charge < -0.3 is 9.80 Å². The minimum absolute atomic E-state index is 0.251. The predicted molar refractivity (Wildman–Crippen MR) is 82.3 cm³/mol. The monoisotopic (exact) mass is 290 g/mol. The van der Waals surface area contributed by atoms with Crippen molar-refractivity contribution in [2.24, 2.45) is 11.2 Å². The highest BCUT2D eigenvalue weighted by Gasteiger charge is 2.32. The van der Waals surface area contributed by atoms with Crippen molar-refractivity contribution in [2.75, 3.05) is 43.5 Å². The zero-order valence-corrected chi connectivity index (χ0v) is 12.9. The number of nitroso groups, excluding NO2 is 1. The van der Waals surface area contributed by atoms with Gasteiger partial charge in [0.2, 0.25) is 0 Å². The summed E-state index contributed by atoms with van der Waals surface area (Å²) in [5, 5.41) is 4.73. The van der Waals surface area contributed by atoms with Gasteiger partial charge in [0.1, 0.15) is 18.0 Å². The molecule has 2 aliphatic rings. The number of hydrogen-bond donors (Lipinski definition) is 0. The Kier molecular flexibility index (Phi) is 3.65. The number of nitrogens with zero attached hydrogens (tertiary/aromatic N) is 6. The van der Waals surface area contributed by atoms with E-state index in [4.69, 9.17) is 0 Å². The maximum atomic E-state index is 10.8. The quantitative estimate of drug-likeness (QED) is 0.782. The summed E-state index contributed by atoms with van der Waals surface area (Å²) in [6.07, 6.45) is 3.59. The maximum absolute atomic E-state index is 10.8. The minimum atomic E-state index is 0.251. The molecule has 0 bridgehead atoms. The van der Waals surface area contributed by atoms with Crippen molar-refractivity contribution in [2.45, 2.75) is 25.8 Å². The van der Waals surface area contributed by atoms with Crippen LogP contribution in [-0.4, -0.2) is 54.7 Å². The molecule has 0 amide bonds. The second-order valence-corrected chi connectivity index (χ2v) is 6.11. The van der Waals surface area contributed by atoms with Gasteiger partial charge in [0.05, 0.1) is 17.9 Å². The predicted octanol–water partition coefficient (Wildman–Crippen LogP) is 1.30. The van der Waals surface area contributed by atoms with Gasteiger partial charge in [-0.25, -0.2) is 9.97 Å². The number of anilines is 2. The van der Waals surface area contributed by atoms with E-state index in [2.05, 4.69) is 46.1 Å². The second kappa shape index (κ2) is 5.46. The SMILES string of the molecule is C[C@H]1CCN(N=O)C[C@H]1N(C)c1ncnc2c1CCN2C. The maximum Gasteiger partial charge on any atom is 0.137 e. The van der Waals surface area contributed by atoms with Crippen LogP contribution in [0.15, 0.2) is 11.6 Å². The van der Waals surface area contributed by atoms with Crippen molar-refractivity contribution in [1.29, 1.82) is 0 Å². The summed E-state index contributed by atoms with van der Waals surface area (Å²) < 4.78 is 0. The first-order chi connectivity index (χ1) is 10.1. The molecule has 1 saturated heterocycles.